The zero-order valence-electron chi connectivity index (χ0n) is 15.6. The van der Waals surface area contributed by atoms with Gasteiger partial charge in [0.25, 0.3) is 0 Å². The van der Waals surface area contributed by atoms with Crippen LogP contribution in [0, 0.1) is 0 Å². The van der Waals surface area contributed by atoms with Crippen molar-refractivity contribution < 1.29 is 15.4 Å². The van der Waals surface area contributed by atoms with E-state index in [2.05, 4.69) is 6.92 Å². The Morgan fingerprint density at radius 1 is 1.06 bits per heavy atom. The molecule has 0 aromatic heterocycles. The maximum Gasteiger partial charge on any atom is 0.303 e. The van der Waals surface area contributed by atoms with E-state index in [4.69, 9.17) is 10.6 Å². The van der Waals surface area contributed by atoms with E-state index < -0.39 is 18.7 Å². The first kappa shape index (κ1) is 11.1. The fourth-order valence-electron chi connectivity index (χ4n) is 1.62. The molecule has 0 aromatic rings. The lowest BCUT2D eigenvalue weighted by Gasteiger charge is -2.00. The fourth-order valence-corrected chi connectivity index (χ4v) is 1.62. The zero-order valence-corrected chi connectivity index (χ0v) is 11.6. The van der Waals surface area contributed by atoms with Crippen LogP contribution in [0.3, 0.4) is 0 Å². The molecule has 0 saturated heterocycles. The van der Waals surface area contributed by atoms with E-state index in [0.717, 1.165) is 38.5 Å². The van der Waals surface area contributed by atoms with Gasteiger partial charge >= 0.3 is 5.97 Å². The molecule has 0 fully saturated rings. The first-order valence-electron chi connectivity index (χ1n) is 9.12. The second-order valence-corrected chi connectivity index (χ2v) is 4.53. The van der Waals surface area contributed by atoms with Crippen LogP contribution in [-0.4, -0.2) is 11.1 Å². The van der Waals surface area contributed by atoms with Gasteiger partial charge in [-0.15, -0.1) is 0 Å². The number of carboxylic acid groups (broad SMARTS) is 1. The number of aliphatic carboxylic acids is 1. The fraction of sp³-hybridized carbons (Fsp3) is 0.812. The molecule has 0 heterocycles. The van der Waals surface area contributed by atoms with Crippen LogP contribution in [-0.2, 0) is 4.79 Å². The van der Waals surface area contributed by atoms with Gasteiger partial charge in [0.1, 0.15) is 0 Å². The summed E-state index contributed by atoms with van der Waals surface area (Å²) in [6.45, 7) is 2.07. The van der Waals surface area contributed by atoms with Gasteiger partial charge in [0, 0.05) is 11.9 Å². The third-order valence-electron chi connectivity index (χ3n) is 2.72. The molecule has 18 heavy (non-hydrogen) atoms. The van der Waals surface area contributed by atoms with E-state index in [1.165, 1.54) is 6.08 Å². The number of carboxylic acids is 1. The van der Waals surface area contributed by atoms with Gasteiger partial charge in [0.15, 0.2) is 0 Å². The van der Waals surface area contributed by atoms with Crippen LogP contribution in [0.15, 0.2) is 12.2 Å². The Morgan fingerprint density at radius 3 is 2.39 bits per heavy atom. The molecule has 0 spiro atoms. The summed E-state index contributed by atoms with van der Waals surface area (Å²) in [5.41, 5.74) is 0. The molecule has 0 amide bonds. The molecule has 0 bridgehead atoms. The zero-order chi connectivity index (χ0) is 17.1. The van der Waals surface area contributed by atoms with Crippen molar-refractivity contribution >= 4 is 5.97 Å². The van der Waals surface area contributed by atoms with Crippen molar-refractivity contribution in [3.8, 4) is 0 Å². The molecule has 1 N–H and O–H groups in total. The van der Waals surface area contributed by atoms with Crippen LogP contribution in [0.1, 0.15) is 89.4 Å². The highest BCUT2D eigenvalue weighted by atomic mass is 16.4. The maximum absolute atomic E-state index is 10.4. The van der Waals surface area contributed by atoms with Crippen molar-refractivity contribution in [2.24, 2.45) is 0 Å². The standard InChI is InChI=1S/C16H30O2/c1-2-3-4-5-6-7-8-9-10-11-12-13-14-15-16(17)18/h5-6H,2-4,7-15H2,1H3,(H,17,18)/b6-5-/i7D2,8D2. The molecule has 2 nitrogen and oxygen atoms in total. The summed E-state index contributed by atoms with van der Waals surface area (Å²) >= 11 is 0. The average Bonchev–Trinajstić information content (AvgIpc) is 2.42. The molecule has 0 aromatic carbocycles. The highest BCUT2D eigenvalue weighted by molar-refractivity contribution is 5.66. The lowest BCUT2D eigenvalue weighted by atomic mass is 10.1. The summed E-state index contributed by atoms with van der Waals surface area (Å²) < 4.78 is 31.7. The Hall–Kier alpha value is -0.790. The highest BCUT2D eigenvalue weighted by Crippen LogP contribution is 2.10. The monoisotopic (exact) mass is 258 g/mol. The van der Waals surface area contributed by atoms with Crippen molar-refractivity contribution in [3.63, 3.8) is 0 Å². The number of hydrogen-bond donors (Lipinski definition) is 1. The van der Waals surface area contributed by atoms with Crippen LogP contribution in [0.4, 0.5) is 0 Å². The van der Waals surface area contributed by atoms with Crippen LogP contribution < -0.4 is 0 Å². The number of unbranched alkanes of at least 4 members (excludes halogenated alkanes) is 6. The first-order valence-corrected chi connectivity index (χ1v) is 7.12. The number of hydrogen-bond acceptors (Lipinski definition) is 1. The smallest absolute Gasteiger partial charge is 0.303 e. The predicted octanol–water partition coefficient (Wildman–Crippen LogP) is 5.33. The Balaban J connectivity index is 4.00. The summed E-state index contributed by atoms with van der Waals surface area (Å²) in [7, 11) is 0. The molecule has 2 heteroatoms. The second-order valence-electron chi connectivity index (χ2n) is 4.53. The van der Waals surface area contributed by atoms with Crippen molar-refractivity contribution in [2.45, 2.75) is 83.9 Å². The van der Waals surface area contributed by atoms with Gasteiger partial charge in [-0.1, -0.05) is 64.0 Å². The first-order chi connectivity index (χ1) is 10.2. The van der Waals surface area contributed by atoms with Crippen LogP contribution in [0.5, 0.6) is 0 Å². The molecule has 0 radical (unpaired) electrons. The summed E-state index contributed by atoms with van der Waals surface area (Å²) in [5.74, 6) is -0.778. The quantitative estimate of drug-likeness (QED) is 0.358. The lowest BCUT2D eigenvalue weighted by Crippen LogP contribution is -1.93. The minimum atomic E-state index is -1.94. The van der Waals surface area contributed by atoms with Crippen LogP contribution >= 0.6 is 0 Å². The normalized spacial score (nSPS) is 16.1. The molecule has 0 aliphatic carbocycles. The van der Waals surface area contributed by atoms with E-state index in [0.29, 0.717) is 12.8 Å². The van der Waals surface area contributed by atoms with Crippen molar-refractivity contribution in [1.82, 2.24) is 0 Å². The number of carbonyl (C=O) groups is 1. The molecule has 0 aliphatic heterocycles. The van der Waals surface area contributed by atoms with E-state index in [1.807, 2.05) is 0 Å². The summed E-state index contributed by atoms with van der Waals surface area (Å²) in [4.78, 5) is 10.4. The topological polar surface area (TPSA) is 37.3 Å². The summed E-state index contributed by atoms with van der Waals surface area (Å²) in [5, 5.41) is 8.52. The number of allylic oxidation sites excluding steroid dienone is 2. The van der Waals surface area contributed by atoms with E-state index >= 15 is 0 Å². The van der Waals surface area contributed by atoms with Gasteiger partial charge in [-0.05, 0) is 25.6 Å². The molecular formula is C16H30O2. The maximum atomic E-state index is 10.4. The lowest BCUT2D eigenvalue weighted by molar-refractivity contribution is -0.137. The van der Waals surface area contributed by atoms with Gasteiger partial charge in [-0.25, -0.2) is 0 Å². The van der Waals surface area contributed by atoms with Gasteiger partial charge in [0.2, 0.25) is 0 Å². The van der Waals surface area contributed by atoms with E-state index in [9.17, 15) is 4.79 Å². The van der Waals surface area contributed by atoms with E-state index in [1.54, 1.807) is 6.08 Å². The van der Waals surface area contributed by atoms with Crippen LogP contribution in [0.2, 0.25) is 0 Å². The summed E-state index contributed by atoms with van der Waals surface area (Å²) in [6.07, 6.45) is 6.31. The van der Waals surface area contributed by atoms with Gasteiger partial charge in [0.05, 0.1) is 0 Å². The Kier molecular flexibility index (Phi) is 8.78. The number of rotatable bonds is 13. The Bertz CT molecular complexity index is 341. The van der Waals surface area contributed by atoms with Crippen LogP contribution in [0.25, 0.3) is 0 Å². The molecule has 0 saturated carbocycles. The molecule has 0 aliphatic rings. The largest absolute Gasteiger partial charge is 0.481 e. The van der Waals surface area contributed by atoms with Crippen molar-refractivity contribution in [3.05, 3.63) is 12.2 Å². The van der Waals surface area contributed by atoms with E-state index in [-0.39, 0.29) is 12.8 Å². The highest BCUT2D eigenvalue weighted by Gasteiger charge is 1.96. The Morgan fingerprint density at radius 2 is 1.72 bits per heavy atom. The van der Waals surface area contributed by atoms with Gasteiger partial charge in [-0.3, -0.25) is 4.79 Å². The average molecular weight is 258 g/mol. The predicted molar refractivity (Wildman–Crippen MR) is 77.9 cm³/mol. The van der Waals surface area contributed by atoms with Crippen molar-refractivity contribution in [2.75, 3.05) is 0 Å². The second kappa shape index (κ2) is 14.3. The SMILES string of the molecule is [2H]C([2H])(/C=C\CCCC)C([2H])([2H])CCCCCCCC(=O)O. The minimum absolute atomic E-state index is 0.186. The third kappa shape index (κ3) is 15.2. The Labute approximate surface area is 118 Å². The molecule has 0 atom stereocenters. The van der Waals surface area contributed by atoms with Crippen molar-refractivity contribution in [1.29, 1.82) is 0 Å². The summed E-state index contributed by atoms with van der Waals surface area (Å²) in [6, 6.07) is 0. The van der Waals surface area contributed by atoms with Gasteiger partial charge in [-0.2, -0.15) is 0 Å². The molecular weight excluding hydrogens is 224 g/mol. The third-order valence-corrected chi connectivity index (χ3v) is 2.72. The molecule has 106 valence electrons. The minimum Gasteiger partial charge on any atom is -0.481 e. The molecule has 0 rings (SSSR count). The van der Waals surface area contributed by atoms with Gasteiger partial charge < -0.3 is 5.11 Å². The molecule has 0 unspecified atom stereocenters.